The molecule has 1 saturated carbocycles. The third kappa shape index (κ3) is 7.32. The van der Waals surface area contributed by atoms with Crippen molar-refractivity contribution in [2.45, 2.75) is 63.3 Å². The van der Waals surface area contributed by atoms with E-state index in [-0.39, 0.29) is 55.1 Å². The summed E-state index contributed by atoms with van der Waals surface area (Å²) >= 11 is 0. The number of carbonyl (C=O) groups excluding carboxylic acids is 3. The lowest BCUT2D eigenvalue weighted by molar-refractivity contribution is -0.122. The molecule has 0 unspecified atom stereocenters. The number of nitrogens with zero attached hydrogens (tertiary/aromatic N) is 4. The molecule has 5 rings (SSSR count). The molecule has 1 fully saturated rings. The van der Waals surface area contributed by atoms with Gasteiger partial charge < -0.3 is 36.0 Å². The maximum atomic E-state index is 13.3. The number of amides is 3. The molecule has 3 amide bonds. The normalized spacial score (nSPS) is 19.2. The number of fused-ring (bicyclic) bond motifs is 1. The third-order valence-corrected chi connectivity index (χ3v) is 8.23. The molecule has 2 heterocycles. The largest absolute Gasteiger partial charge is 0.388 e. The van der Waals surface area contributed by atoms with E-state index in [9.17, 15) is 24.6 Å². The maximum absolute atomic E-state index is 13.3. The molecule has 1 aliphatic rings. The number of hydrogen-bond donors (Lipinski definition) is 6. The second kappa shape index (κ2) is 14.9. The van der Waals surface area contributed by atoms with Gasteiger partial charge in [0, 0.05) is 38.4 Å². The van der Waals surface area contributed by atoms with Crippen LogP contribution in [-0.4, -0.2) is 85.3 Å². The van der Waals surface area contributed by atoms with Crippen LogP contribution in [0.25, 0.3) is 11.2 Å². The first kappa shape index (κ1) is 32.5. The maximum Gasteiger partial charge on any atom is 0.289 e. The highest BCUT2D eigenvalue weighted by Gasteiger charge is 2.43. The summed E-state index contributed by atoms with van der Waals surface area (Å²) in [5.41, 5.74) is 2.85. The molecule has 0 radical (unpaired) electrons. The van der Waals surface area contributed by atoms with Gasteiger partial charge in [-0.05, 0) is 17.5 Å². The minimum absolute atomic E-state index is 0.0521. The molecule has 2 aromatic heterocycles. The molecule has 242 valence electrons. The van der Waals surface area contributed by atoms with Gasteiger partial charge in [0.1, 0.15) is 17.7 Å². The van der Waals surface area contributed by atoms with E-state index >= 15 is 0 Å². The predicted octanol–water partition coefficient (Wildman–Crippen LogP) is 1.89. The minimum Gasteiger partial charge on any atom is -0.388 e. The molecule has 2 aromatic carbocycles. The van der Waals surface area contributed by atoms with Crippen molar-refractivity contribution in [1.82, 2.24) is 35.5 Å². The van der Waals surface area contributed by atoms with E-state index in [0.29, 0.717) is 24.3 Å². The van der Waals surface area contributed by atoms with Gasteiger partial charge in [-0.2, -0.15) is 0 Å². The van der Waals surface area contributed by atoms with Gasteiger partial charge in [0.25, 0.3) is 5.91 Å². The van der Waals surface area contributed by atoms with Gasteiger partial charge in [-0.1, -0.05) is 74.5 Å². The summed E-state index contributed by atoms with van der Waals surface area (Å²) in [5, 5.41) is 33.4. The van der Waals surface area contributed by atoms with Crippen LogP contribution in [-0.2, 0) is 9.59 Å². The molecule has 1 aliphatic carbocycles. The summed E-state index contributed by atoms with van der Waals surface area (Å²) in [5.74, 6) is -0.761. The van der Waals surface area contributed by atoms with Crippen molar-refractivity contribution in [2.24, 2.45) is 0 Å². The Labute approximate surface area is 266 Å². The van der Waals surface area contributed by atoms with E-state index in [1.807, 2.05) is 36.4 Å². The Morgan fingerprint density at radius 3 is 2.13 bits per heavy atom. The van der Waals surface area contributed by atoms with Crippen molar-refractivity contribution in [3.05, 3.63) is 83.9 Å². The van der Waals surface area contributed by atoms with E-state index in [2.05, 4.69) is 60.5 Å². The summed E-state index contributed by atoms with van der Waals surface area (Å²) in [6, 6.07) is 18.8. The molecule has 4 aromatic rings. The summed E-state index contributed by atoms with van der Waals surface area (Å²) in [7, 11) is 0. The lowest BCUT2D eigenvalue weighted by Crippen LogP contribution is -2.42. The van der Waals surface area contributed by atoms with Crippen LogP contribution in [0.5, 0.6) is 0 Å². The zero-order valence-electron chi connectivity index (χ0n) is 25.9. The lowest BCUT2D eigenvalue weighted by Gasteiger charge is -2.20. The number of carbonyl (C=O) groups is 3. The molecular weight excluding hydrogens is 588 g/mol. The van der Waals surface area contributed by atoms with Crippen LogP contribution in [0.2, 0.25) is 0 Å². The molecule has 13 heteroatoms. The molecule has 13 nitrogen and oxygen atoms in total. The van der Waals surface area contributed by atoms with Crippen molar-refractivity contribution >= 4 is 34.7 Å². The SMILES string of the molecule is CCC(=O)NCCNC(=O)c1nc(NCC(c2ccccc2)c2ccccc2)c2ncn([C@@H]3C[C@H](NC(=O)CC)[C@@H](O)[C@H]3O)c2n1. The van der Waals surface area contributed by atoms with Crippen molar-refractivity contribution < 1.29 is 24.6 Å². The van der Waals surface area contributed by atoms with E-state index in [0.717, 1.165) is 11.1 Å². The fourth-order valence-corrected chi connectivity index (χ4v) is 5.70. The number of hydrogen-bond acceptors (Lipinski definition) is 9. The Morgan fingerprint density at radius 1 is 0.870 bits per heavy atom. The molecule has 0 bridgehead atoms. The lowest BCUT2D eigenvalue weighted by atomic mass is 9.91. The highest BCUT2D eigenvalue weighted by Crippen LogP contribution is 2.34. The second-order valence-corrected chi connectivity index (χ2v) is 11.2. The number of anilines is 1. The highest BCUT2D eigenvalue weighted by molar-refractivity contribution is 5.94. The van der Waals surface area contributed by atoms with Crippen LogP contribution in [0.3, 0.4) is 0 Å². The first-order chi connectivity index (χ1) is 22.3. The van der Waals surface area contributed by atoms with Crippen LogP contribution in [0.15, 0.2) is 67.0 Å². The Kier molecular flexibility index (Phi) is 10.6. The molecule has 0 saturated heterocycles. The topological polar surface area (TPSA) is 183 Å². The Hall–Kier alpha value is -4.88. The first-order valence-electron chi connectivity index (χ1n) is 15.6. The number of aromatic nitrogens is 4. The fourth-order valence-electron chi connectivity index (χ4n) is 5.70. The number of rotatable bonds is 13. The fraction of sp³-hybridized carbons (Fsp3) is 0.394. The van der Waals surface area contributed by atoms with Crippen LogP contribution < -0.4 is 21.3 Å². The van der Waals surface area contributed by atoms with Crippen LogP contribution >= 0.6 is 0 Å². The number of benzene rings is 2. The number of aliphatic hydroxyl groups is 2. The minimum atomic E-state index is -1.22. The number of imidazole rings is 1. The molecule has 4 atom stereocenters. The molecule has 6 N–H and O–H groups in total. The van der Waals surface area contributed by atoms with E-state index in [4.69, 9.17) is 0 Å². The zero-order chi connectivity index (χ0) is 32.6. The van der Waals surface area contributed by atoms with Gasteiger partial charge in [0.15, 0.2) is 11.5 Å². The van der Waals surface area contributed by atoms with Crippen molar-refractivity contribution in [2.75, 3.05) is 25.0 Å². The third-order valence-electron chi connectivity index (χ3n) is 8.23. The van der Waals surface area contributed by atoms with Crippen LogP contribution in [0, 0.1) is 0 Å². The average molecular weight is 629 g/mol. The molecule has 46 heavy (non-hydrogen) atoms. The van der Waals surface area contributed by atoms with Crippen molar-refractivity contribution in [3.63, 3.8) is 0 Å². The summed E-state index contributed by atoms with van der Waals surface area (Å²) < 4.78 is 1.62. The first-order valence-corrected chi connectivity index (χ1v) is 15.6. The van der Waals surface area contributed by atoms with Gasteiger partial charge in [-0.15, -0.1) is 0 Å². The smallest absolute Gasteiger partial charge is 0.289 e. The van der Waals surface area contributed by atoms with Crippen LogP contribution in [0.1, 0.15) is 66.8 Å². The monoisotopic (exact) mass is 628 g/mol. The van der Waals surface area contributed by atoms with E-state index < -0.39 is 30.2 Å². The zero-order valence-corrected chi connectivity index (χ0v) is 25.9. The Bertz CT molecular complexity index is 1610. The van der Waals surface area contributed by atoms with Crippen molar-refractivity contribution in [1.29, 1.82) is 0 Å². The standard InChI is InChI=1S/C33H40N8O5/c1-3-25(42)34-15-16-35-33(46)31-39-30(36-18-22(20-11-7-5-8-12-20)21-13-9-6-10-14-21)27-32(40-31)41(19-37-27)24-17-23(28(44)29(24)45)38-26(43)4-2/h5-14,19,22-24,28-29,44-45H,3-4,15-18H2,1-2H3,(H,34,42)(H,35,46)(H,38,43)(H,36,39,40)/t23-,24+,28+,29-/m0/s1. The summed E-state index contributed by atoms with van der Waals surface area (Å²) in [6.45, 7) is 4.30. The molecule has 0 spiro atoms. The van der Waals surface area contributed by atoms with Crippen LogP contribution in [0.4, 0.5) is 5.82 Å². The van der Waals surface area contributed by atoms with E-state index in [1.54, 1.807) is 18.4 Å². The molecular formula is C33H40N8O5. The number of aliphatic hydroxyl groups excluding tert-OH is 2. The average Bonchev–Trinajstić information content (AvgIpc) is 3.63. The predicted molar refractivity (Wildman–Crippen MR) is 172 cm³/mol. The van der Waals surface area contributed by atoms with Gasteiger partial charge >= 0.3 is 0 Å². The van der Waals surface area contributed by atoms with Gasteiger partial charge in [-0.25, -0.2) is 15.0 Å². The Morgan fingerprint density at radius 2 is 1.50 bits per heavy atom. The highest BCUT2D eigenvalue weighted by atomic mass is 16.3. The quantitative estimate of drug-likeness (QED) is 0.120. The van der Waals surface area contributed by atoms with Gasteiger partial charge in [-0.3, -0.25) is 14.4 Å². The number of nitrogens with one attached hydrogen (secondary N) is 4. The van der Waals surface area contributed by atoms with Gasteiger partial charge in [0.2, 0.25) is 17.6 Å². The van der Waals surface area contributed by atoms with Gasteiger partial charge in [0.05, 0.1) is 18.4 Å². The summed E-state index contributed by atoms with van der Waals surface area (Å²) in [4.78, 5) is 50.6. The van der Waals surface area contributed by atoms with E-state index in [1.165, 1.54) is 6.33 Å². The molecule has 0 aliphatic heterocycles. The Balaban J connectivity index is 1.47. The second-order valence-electron chi connectivity index (χ2n) is 11.2. The van der Waals surface area contributed by atoms with Crippen molar-refractivity contribution in [3.8, 4) is 0 Å². The summed E-state index contributed by atoms with van der Waals surface area (Å²) in [6.07, 6.45) is -0.0992.